The summed E-state index contributed by atoms with van der Waals surface area (Å²) in [5.74, 6) is -1.38. The molecule has 1 atom stereocenters. The van der Waals surface area contributed by atoms with Crippen molar-refractivity contribution in [2.75, 3.05) is 6.54 Å². The lowest BCUT2D eigenvalue weighted by Crippen LogP contribution is -2.42. The van der Waals surface area contributed by atoms with Crippen LogP contribution < -0.4 is 10.6 Å². The number of carboxylic acid groups (broad SMARTS) is 1. The molecule has 1 aliphatic rings. The summed E-state index contributed by atoms with van der Waals surface area (Å²) in [6.07, 6.45) is 0.873. The minimum Gasteiger partial charge on any atom is -0.475 e. The molecule has 1 aliphatic heterocycles. The summed E-state index contributed by atoms with van der Waals surface area (Å²) >= 11 is 0. The number of aromatic carboxylic acids is 1. The van der Waals surface area contributed by atoms with Crippen molar-refractivity contribution in [3.8, 4) is 0 Å². The Labute approximate surface area is 109 Å². The highest BCUT2D eigenvalue weighted by Crippen LogP contribution is 2.12. The van der Waals surface area contributed by atoms with Crippen LogP contribution in [0.3, 0.4) is 0 Å². The van der Waals surface area contributed by atoms with E-state index in [9.17, 15) is 14.4 Å². The van der Waals surface area contributed by atoms with Gasteiger partial charge in [0.25, 0.3) is 0 Å². The molecule has 0 spiro atoms. The Morgan fingerprint density at radius 1 is 1.47 bits per heavy atom. The normalized spacial score (nSPS) is 18.7. The summed E-state index contributed by atoms with van der Waals surface area (Å²) in [5, 5.41) is 14.0. The number of hydrogen-bond acceptors (Lipinski definition) is 4. The number of carboxylic acids is 1. The smallest absolute Gasteiger partial charge is 0.371 e. The molecule has 0 saturated carbocycles. The minimum absolute atomic E-state index is 0.0406. The van der Waals surface area contributed by atoms with Crippen LogP contribution in [-0.4, -0.2) is 29.4 Å². The molecule has 102 valence electrons. The molecule has 1 aromatic rings. The van der Waals surface area contributed by atoms with Gasteiger partial charge in [-0.3, -0.25) is 9.59 Å². The first-order chi connectivity index (χ1) is 9.06. The molecule has 0 aliphatic carbocycles. The fraction of sp³-hybridized carbons (Fsp3) is 0.417. The van der Waals surface area contributed by atoms with E-state index in [1.807, 2.05) is 0 Å². The van der Waals surface area contributed by atoms with Crippen molar-refractivity contribution in [3.05, 3.63) is 23.7 Å². The summed E-state index contributed by atoms with van der Waals surface area (Å²) < 4.78 is 5.02. The summed E-state index contributed by atoms with van der Waals surface area (Å²) in [6, 6.07) is 2.84. The van der Waals surface area contributed by atoms with Crippen LogP contribution in [0.2, 0.25) is 0 Å². The van der Waals surface area contributed by atoms with Crippen molar-refractivity contribution in [2.45, 2.75) is 19.4 Å². The molecule has 7 heteroatoms. The van der Waals surface area contributed by atoms with E-state index in [0.29, 0.717) is 25.1 Å². The van der Waals surface area contributed by atoms with E-state index in [0.717, 1.165) is 0 Å². The number of carbonyl (C=O) groups excluding carboxylic acids is 2. The quantitative estimate of drug-likeness (QED) is 0.717. The van der Waals surface area contributed by atoms with Crippen LogP contribution in [-0.2, 0) is 16.1 Å². The topological polar surface area (TPSA) is 109 Å². The van der Waals surface area contributed by atoms with Crippen LogP contribution in [0, 0.1) is 5.92 Å². The maximum Gasteiger partial charge on any atom is 0.371 e. The predicted molar refractivity (Wildman–Crippen MR) is 63.2 cm³/mol. The van der Waals surface area contributed by atoms with Gasteiger partial charge in [0.2, 0.25) is 17.6 Å². The van der Waals surface area contributed by atoms with Gasteiger partial charge in [-0.05, 0) is 18.6 Å². The van der Waals surface area contributed by atoms with E-state index < -0.39 is 5.97 Å². The Kier molecular flexibility index (Phi) is 3.84. The van der Waals surface area contributed by atoms with Gasteiger partial charge >= 0.3 is 5.97 Å². The van der Waals surface area contributed by atoms with E-state index in [4.69, 9.17) is 9.52 Å². The Morgan fingerprint density at radius 3 is 2.84 bits per heavy atom. The molecular weight excluding hydrogens is 252 g/mol. The molecular formula is C12H14N2O5. The average molecular weight is 266 g/mol. The molecule has 0 bridgehead atoms. The van der Waals surface area contributed by atoms with Gasteiger partial charge in [-0.2, -0.15) is 0 Å². The Morgan fingerprint density at radius 2 is 2.26 bits per heavy atom. The van der Waals surface area contributed by atoms with E-state index >= 15 is 0 Å². The van der Waals surface area contributed by atoms with Gasteiger partial charge in [-0.1, -0.05) is 0 Å². The van der Waals surface area contributed by atoms with Gasteiger partial charge in [-0.25, -0.2) is 4.79 Å². The number of piperidine rings is 1. The van der Waals surface area contributed by atoms with Crippen LogP contribution in [0.25, 0.3) is 0 Å². The van der Waals surface area contributed by atoms with E-state index in [-0.39, 0.29) is 30.0 Å². The zero-order valence-corrected chi connectivity index (χ0v) is 10.1. The lowest BCUT2D eigenvalue weighted by Gasteiger charge is -2.21. The zero-order chi connectivity index (χ0) is 13.8. The highest BCUT2D eigenvalue weighted by Gasteiger charge is 2.24. The molecule has 2 heterocycles. The molecule has 19 heavy (non-hydrogen) atoms. The Bertz CT molecular complexity index is 498. The third-order valence-electron chi connectivity index (χ3n) is 2.95. The second-order valence-corrected chi connectivity index (χ2v) is 4.33. The number of carbonyl (C=O) groups is 3. The highest BCUT2D eigenvalue weighted by atomic mass is 16.4. The van der Waals surface area contributed by atoms with Crippen molar-refractivity contribution < 1.29 is 23.9 Å². The monoisotopic (exact) mass is 266 g/mol. The molecule has 2 rings (SSSR count). The molecule has 7 nitrogen and oxygen atoms in total. The van der Waals surface area contributed by atoms with Crippen LogP contribution in [0.5, 0.6) is 0 Å². The minimum atomic E-state index is -1.15. The van der Waals surface area contributed by atoms with Gasteiger partial charge in [0, 0.05) is 13.0 Å². The first kappa shape index (κ1) is 13.1. The van der Waals surface area contributed by atoms with Crippen LogP contribution in [0.4, 0.5) is 0 Å². The lowest BCUT2D eigenvalue weighted by molar-refractivity contribution is -0.129. The van der Waals surface area contributed by atoms with E-state index in [2.05, 4.69) is 10.6 Å². The number of amides is 2. The first-order valence-corrected chi connectivity index (χ1v) is 5.92. The Hall–Kier alpha value is -2.31. The van der Waals surface area contributed by atoms with Gasteiger partial charge in [0.15, 0.2) is 0 Å². The van der Waals surface area contributed by atoms with Gasteiger partial charge in [0.05, 0.1) is 12.5 Å². The number of rotatable bonds is 4. The molecule has 1 unspecified atom stereocenters. The molecule has 1 saturated heterocycles. The van der Waals surface area contributed by atoms with E-state index in [1.165, 1.54) is 12.1 Å². The second-order valence-electron chi connectivity index (χ2n) is 4.33. The number of hydrogen-bond donors (Lipinski definition) is 3. The van der Waals surface area contributed by atoms with E-state index in [1.54, 1.807) is 0 Å². The zero-order valence-electron chi connectivity index (χ0n) is 10.1. The average Bonchev–Trinajstić information content (AvgIpc) is 2.86. The number of nitrogens with one attached hydrogen (secondary N) is 2. The van der Waals surface area contributed by atoms with Crippen molar-refractivity contribution in [1.29, 1.82) is 0 Å². The third-order valence-corrected chi connectivity index (χ3v) is 2.95. The maximum atomic E-state index is 11.8. The molecule has 3 N–H and O–H groups in total. The van der Waals surface area contributed by atoms with Gasteiger partial charge in [0.1, 0.15) is 5.76 Å². The molecule has 1 aromatic heterocycles. The third kappa shape index (κ3) is 3.34. The fourth-order valence-corrected chi connectivity index (χ4v) is 1.86. The maximum absolute atomic E-state index is 11.8. The van der Waals surface area contributed by atoms with Crippen LogP contribution >= 0.6 is 0 Å². The standard InChI is InChI=1S/C12H14N2O5/c15-10-4-1-7(5-13-10)11(16)14-6-8-2-3-9(19-8)12(17)18/h2-3,7H,1,4-6H2,(H,13,15)(H,14,16)(H,17,18). The van der Waals surface area contributed by atoms with Crippen LogP contribution in [0.15, 0.2) is 16.5 Å². The predicted octanol–water partition coefficient (Wildman–Crippen LogP) is 0.120. The first-order valence-electron chi connectivity index (χ1n) is 5.92. The van der Waals surface area contributed by atoms with Crippen LogP contribution in [0.1, 0.15) is 29.2 Å². The summed E-state index contributed by atoms with van der Waals surface area (Å²) in [7, 11) is 0. The molecule has 1 fully saturated rings. The van der Waals surface area contributed by atoms with Gasteiger partial charge in [-0.15, -0.1) is 0 Å². The van der Waals surface area contributed by atoms with Crippen molar-refractivity contribution >= 4 is 17.8 Å². The summed E-state index contributed by atoms with van der Waals surface area (Å²) in [4.78, 5) is 33.4. The highest BCUT2D eigenvalue weighted by molar-refractivity contribution is 5.84. The summed E-state index contributed by atoms with van der Waals surface area (Å²) in [6.45, 7) is 0.472. The molecule has 2 amide bonds. The van der Waals surface area contributed by atoms with Crippen molar-refractivity contribution in [3.63, 3.8) is 0 Å². The van der Waals surface area contributed by atoms with Crippen molar-refractivity contribution in [2.24, 2.45) is 5.92 Å². The fourth-order valence-electron chi connectivity index (χ4n) is 1.86. The molecule has 0 aromatic carbocycles. The van der Waals surface area contributed by atoms with Gasteiger partial charge < -0.3 is 20.2 Å². The largest absolute Gasteiger partial charge is 0.475 e. The summed E-state index contributed by atoms with van der Waals surface area (Å²) in [5.41, 5.74) is 0. The lowest BCUT2D eigenvalue weighted by atomic mass is 9.98. The van der Waals surface area contributed by atoms with Crippen molar-refractivity contribution in [1.82, 2.24) is 10.6 Å². The second kappa shape index (κ2) is 5.55. The Balaban J connectivity index is 1.82. The molecule has 0 radical (unpaired) electrons. The number of furan rings is 1. The SMILES string of the molecule is O=C1CCC(C(=O)NCc2ccc(C(=O)O)o2)CN1.